The average Bonchev–Trinajstić information content (AvgIpc) is 3.24. The molecule has 8 nitrogen and oxygen atoms in total. The maximum absolute atomic E-state index is 13.0. The Balaban J connectivity index is 1.77. The Morgan fingerprint density at radius 1 is 1.13 bits per heavy atom. The second-order valence-electron chi connectivity index (χ2n) is 6.99. The quantitative estimate of drug-likeness (QED) is 0.524. The molecule has 1 aliphatic heterocycles. The first-order valence-corrected chi connectivity index (χ1v) is 10.1. The fourth-order valence-electron chi connectivity index (χ4n) is 3.31. The highest BCUT2D eigenvalue weighted by molar-refractivity contribution is 6.42. The minimum Gasteiger partial charge on any atom is -0.371 e. The number of carbonyl (C=O) groups is 2. The van der Waals surface area contributed by atoms with Crippen LogP contribution in [0.4, 0.5) is 17.1 Å². The first kappa shape index (κ1) is 21.9. The fraction of sp³-hybridized carbons (Fsp3) is 0.300. The molecule has 0 aromatic heterocycles. The van der Waals surface area contributed by atoms with Crippen LogP contribution in [0.15, 0.2) is 36.4 Å². The second-order valence-corrected chi connectivity index (χ2v) is 7.81. The zero-order chi connectivity index (χ0) is 21.8. The number of nitro benzene ring substituents is 1. The van der Waals surface area contributed by atoms with E-state index in [2.05, 4.69) is 5.32 Å². The standard InChI is InChI=1S/C20H20Cl2N4O4/c1-24(12-19(27)23-13-4-6-16(21)17(22)10-13)20(28)15-11-14(26(29)30)5-7-18(15)25-8-2-3-9-25/h4-7,10-11H,2-3,8-9,12H2,1H3,(H,23,27). The lowest BCUT2D eigenvalue weighted by molar-refractivity contribution is -0.384. The van der Waals surface area contributed by atoms with Crippen molar-refractivity contribution in [2.45, 2.75) is 12.8 Å². The van der Waals surface area contributed by atoms with Crippen molar-refractivity contribution in [3.63, 3.8) is 0 Å². The molecule has 0 aliphatic carbocycles. The third-order valence-electron chi connectivity index (χ3n) is 4.80. The lowest BCUT2D eigenvalue weighted by Gasteiger charge is -2.23. The Hall–Kier alpha value is -2.84. The number of hydrogen-bond acceptors (Lipinski definition) is 5. The van der Waals surface area contributed by atoms with Gasteiger partial charge in [-0.15, -0.1) is 0 Å². The summed E-state index contributed by atoms with van der Waals surface area (Å²) >= 11 is 11.8. The third-order valence-corrected chi connectivity index (χ3v) is 5.54. The van der Waals surface area contributed by atoms with Crippen LogP contribution in [0.3, 0.4) is 0 Å². The lowest BCUT2D eigenvalue weighted by atomic mass is 10.1. The summed E-state index contributed by atoms with van der Waals surface area (Å²) < 4.78 is 0. The fourth-order valence-corrected chi connectivity index (χ4v) is 3.61. The number of non-ortho nitro benzene ring substituents is 1. The number of hydrogen-bond donors (Lipinski definition) is 1. The summed E-state index contributed by atoms with van der Waals surface area (Å²) in [7, 11) is 1.48. The first-order valence-electron chi connectivity index (χ1n) is 9.30. The van der Waals surface area contributed by atoms with Gasteiger partial charge in [-0.3, -0.25) is 19.7 Å². The maximum atomic E-state index is 13.0. The Bertz CT molecular complexity index is 993. The van der Waals surface area contributed by atoms with Gasteiger partial charge in [-0.1, -0.05) is 23.2 Å². The number of nitrogens with one attached hydrogen (secondary N) is 1. The largest absolute Gasteiger partial charge is 0.371 e. The minimum atomic E-state index is -0.540. The number of carbonyl (C=O) groups excluding carboxylic acids is 2. The monoisotopic (exact) mass is 450 g/mol. The predicted octanol–water partition coefficient (Wildman–Crippen LogP) is 4.21. The molecule has 0 atom stereocenters. The molecule has 0 spiro atoms. The van der Waals surface area contributed by atoms with Crippen molar-refractivity contribution in [3.05, 3.63) is 62.1 Å². The van der Waals surface area contributed by atoms with Gasteiger partial charge < -0.3 is 15.1 Å². The topological polar surface area (TPSA) is 95.8 Å². The van der Waals surface area contributed by atoms with E-state index >= 15 is 0 Å². The van der Waals surface area contributed by atoms with E-state index in [0.29, 0.717) is 21.4 Å². The summed E-state index contributed by atoms with van der Waals surface area (Å²) in [6, 6.07) is 8.92. The lowest BCUT2D eigenvalue weighted by Crippen LogP contribution is -2.36. The van der Waals surface area contributed by atoms with Gasteiger partial charge in [0.25, 0.3) is 11.6 Å². The molecule has 0 bridgehead atoms. The molecular formula is C20H20Cl2N4O4. The molecule has 10 heteroatoms. The molecule has 0 radical (unpaired) electrons. The molecule has 2 amide bonds. The number of nitrogens with zero attached hydrogens (tertiary/aromatic N) is 3. The molecule has 1 saturated heterocycles. The predicted molar refractivity (Wildman–Crippen MR) is 117 cm³/mol. The van der Waals surface area contributed by atoms with E-state index in [0.717, 1.165) is 25.9 Å². The van der Waals surface area contributed by atoms with Crippen LogP contribution in [0, 0.1) is 10.1 Å². The summed E-state index contributed by atoms with van der Waals surface area (Å²) in [5.74, 6) is -0.901. The summed E-state index contributed by atoms with van der Waals surface area (Å²) in [6.45, 7) is 1.32. The number of halogens is 2. The van der Waals surface area contributed by atoms with Crippen molar-refractivity contribution in [3.8, 4) is 0 Å². The van der Waals surface area contributed by atoms with Crippen LogP contribution >= 0.6 is 23.2 Å². The van der Waals surface area contributed by atoms with Crippen LogP contribution in [0.5, 0.6) is 0 Å². The van der Waals surface area contributed by atoms with E-state index < -0.39 is 16.7 Å². The van der Waals surface area contributed by atoms with Crippen molar-refractivity contribution < 1.29 is 14.5 Å². The van der Waals surface area contributed by atoms with Crippen molar-refractivity contribution in [1.82, 2.24) is 4.90 Å². The Labute approximate surface area is 183 Å². The van der Waals surface area contributed by atoms with Gasteiger partial charge in [0.05, 0.1) is 32.8 Å². The molecule has 2 aromatic carbocycles. The van der Waals surface area contributed by atoms with Gasteiger partial charge in [0, 0.05) is 38.0 Å². The number of anilines is 2. The second kappa shape index (κ2) is 9.32. The van der Waals surface area contributed by atoms with Gasteiger partial charge in [0.1, 0.15) is 0 Å². The number of amides is 2. The molecule has 0 unspecified atom stereocenters. The molecule has 3 rings (SSSR count). The molecule has 30 heavy (non-hydrogen) atoms. The average molecular weight is 451 g/mol. The number of rotatable bonds is 6. The van der Waals surface area contributed by atoms with E-state index in [1.807, 2.05) is 4.90 Å². The molecular weight excluding hydrogens is 431 g/mol. The van der Waals surface area contributed by atoms with E-state index in [1.54, 1.807) is 18.2 Å². The van der Waals surface area contributed by atoms with Crippen molar-refractivity contribution >= 4 is 52.1 Å². The summed E-state index contributed by atoms with van der Waals surface area (Å²) in [4.78, 5) is 39.3. The molecule has 1 aliphatic rings. The van der Waals surface area contributed by atoms with E-state index in [-0.39, 0.29) is 17.8 Å². The summed E-state index contributed by atoms with van der Waals surface area (Å²) in [6.07, 6.45) is 1.99. The van der Waals surface area contributed by atoms with Crippen LogP contribution in [-0.2, 0) is 4.79 Å². The third kappa shape index (κ3) is 5.01. The summed E-state index contributed by atoms with van der Waals surface area (Å²) in [5, 5.41) is 14.5. The van der Waals surface area contributed by atoms with Gasteiger partial charge >= 0.3 is 0 Å². The van der Waals surface area contributed by atoms with Crippen molar-refractivity contribution in [1.29, 1.82) is 0 Å². The smallest absolute Gasteiger partial charge is 0.270 e. The van der Waals surface area contributed by atoms with Gasteiger partial charge in [0.15, 0.2) is 0 Å². The molecule has 1 N–H and O–H groups in total. The zero-order valence-corrected chi connectivity index (χ0v) is 17.7. The molecule has 158 valence electrons. The van der Waals surface area contributed by atoms with E-state index in [4.69, 9.17) is 23.2 Å². The Morgan fingerprint density at radius 3 is 2.47 bits per heavy atom. The van der Waals surface area contributed by atoms with Crippen LogP contribution in [0.25, 0.3) is 0 Å². The molecule has 1 heterocycles. The van der Waals surface area contributed by atoms with Crippen molar-refractivity contribution in [2.75, 3.05) is 36.9 Å². The van der Waals surface area contributed by atoms with E-state index in [9.17, 15) is 19.7 Å². The first-order chi connectivity index (χ1) is 14.3. The van der Waals surface area contributed by atoms with Crippen molar-refractivity contribution in [2.24, 2.45) is 0 Å². The van der Waals surface area contributed by atoms with Gasteiger partial charge in [-0.25, -0.2) is 0 Å². The number of benzene rings is 2. The number of likely N-dealkylation sites (N-methyl/N-ethyl adjacent to an activating group) is 1. The SMILES string of the molecule is CN(CC(=O)Nc1ccc(Cl)c(Cl)c1)C(=O)c1cc([N+](=O)[O-])ccc1N1CCCC1. The Morgan fingerprint density at radius 2 is 1.83 bits per heavy atom. The minimum absolute atomic E-state index is 0.171. The zero-order valence-electron chi connectivity index (χ0n) is 16.2. The van der Waals surface area contributed by atoms with Crippen LogP contribution in [0.2, 0.25) is 10.0 Å². The van der Waals surface area contributed by atoms with Crippen LogP contribution in [-0.4, -0.2) is 48.3 Å². The van der Waals surface area contributed by atoms with E-state index in [1.165, 1.54) is 30.1 Å². The van der Waals surface area contributed by atoms with Crippen LogP contribution in [0.1, 0.15) is 23.2 Å². The molecule has 2 aromatic rings. The van der Waals surface area contributed by atoms with Gasteiger partial charge in [-0.05, 0) is 37.1 Å². The molecule has 1 fully saturated rings. The van der Waals surface area contributed by atoms with Crippen LogP contribution < -0.4 is 10.2 Å². The Kier molecular flexibility index (Phi) is 6.79. The van der Waals surface area contributed by atoms with Gasteiger partial charge in [0.2, 0.25) is 5.91 Å². The van der Waals surface area contributed by atoms with Gasteiger partial charge in [-0.2, -0.15) is 0 Å². The highest BCUT2D eigenvalue weighted by Gasteiger charge is 2.25. The normalized spacial score (nSPS) is 13.2. The summed E-state index contributed by atoms with van der Waals surface area (Å²) in [5.41, 5.74) is 1.12. The highest BCUT2D eigenvalue weighted by atomic mass is 35.5. The number of nitro groups is 1. The molecule has 0 saturated carbocycles. The maximum Gasteiger partial charge on any atom is 0.270 e. The highest BCUT2D eigenvalue weighted by Crippen LogP contribution is 2.29.